The summed E-state index contributed by atoms with van der Waals surface area (Å²) in [4.78, 5) is 15.1. The molecule has 2 aromatic carbocycles. The number of nitrogens with one attached hydrogen (secondary N) is 1. The van der Waals surface area contributed by atoms with Gasteiger partial charge in [0, 0.05) is 19.6 Å². The highest BCUT2D eigenvalue weighted by Crippen LogP contribution is 2.34. The summed E-state index contributed by atoms with van der Waals surface area (Å²) in [6, 6.07) is 9.45. The average molecular weight is 526 g/mol. The van der Waals surface area contributed by atoms with E-state index in [1.807, 2.05) is 0 Å². The Morgan fingerprint density at radius 2 is 1.80 bits per heavy atom. The number of hydrogen-bond acceptors (Lipinski definition) is 7. The fraction of sp³-hybridized carbons (Fsp3) is 0.458. The topological polar surface area (TPSA) is 97.4 Å². The number of carbonyl (C=O) groups excluding carboxylic acids is 1. The molecule has 3 rings (SSSR count). The van der Waals surface area contributed by atoms with Gasteiger partial charge in [-0.25, -0.2) is 8.42 Å². The lowest BCUT2D eigenvalue weighted by Gasteiger charge is -2.27. The summed E-state index contributed by atoms with van der Waals surface area (Å²) >= 11 is 6.28. The van der Waals surface area contributed by atoms with E-state index >= 15 is 0 Å². The quantitative estimate of drug-likeness (QED) is 0.450. The number of aryl methyl sites for hydroxylation is 1. The number of nitrogens with zero attached hydrogens (tertiary/aromatic N) is 2. The molecular weight excluding hydrogens is 494 g/mol. The second kappa shape index (κ2) is 12.4. The predicted octanol–water partition coefficient (Wildman–Crippen LogP) is 2.70. The summed E-state index contributed by atoms with van der Waals surface area (Å²) < 4.78 is 44.4. The molecule has 35 heavy (non-hydrogen) atoms. The van der Waals surface area contributed by atoms with Crippen LogP contribution in [0.3, 0.4) is 0 Å². The Morgan fingerprint density at radius 1 is 1.11 bits per heavy atom. The van der Waals surface area contributed by atoms with Gasteiger partial charge < -0.3 is 19.5 Å². The molecule has 0 aromatic heterocycles. The molecule has 2 aromatic rings. The standard InChI is InChI=1S/C24H32ClN3O6S/c1-18-5-7-22(33-3)23(15-18)35(30,31)28(19-6-8-21(32-2)20(25)16-19)17-24(29)26-9-4-10-27-11-13-34-14-12-27/h5-8,15-16H,4,9-14,17H2,1-3H3,(H,26,29). The van der Waals surface area contributed by atoms with Crippen LogP contribution < -0.4 is 19.1 Å². The van der Waals surface area contributed by atoms with Crippen LogP contribution in [0.2, 0.25) is 5.02 Å². The zero-order valence-electron chi connectivity index (χ0n) is 20.3. The number of halogens is 1. The van der Waals surface area contributed by atoms with Crippen LogP contribution >= 0.6 is 11.6 Å². The van der Waals surface area contributed by atoms with Crippen molar-refractivity contribution >= 4 is 33.2 Å². The van der Waals surface area contributed by atoms with E-state index in [9.17, 15) is 13.2 Å². The van der Waals surface area contributed by atoms with Gasteiger partial charge in [0.15, 0.2) is 0 Å². The van der Waals surface area contributed by atoms with Crippen LogP contribution in [0, 0.1) is 6.92 Å². The van der Waals surface area contributed by atoms with E-state index in [0.29, 0.717) is 25.5 Å². The Kier molecular flexibility index (Phi) is 9.62. The Labute approximate surface area is 211 Å². The molecule has 1 aliphatic heterocycles. The van der Waals surface area contributed by atoms with Crippen molar-refractivity contribution in [2.24, 2.45) is 0 Å². The first-order valence-corrected chi connectivity index (χ1v) is 13.2. The van der Waals surface area contributed by atoms with Crippen LogP contribution in [0.4, 0.5) is 5.69 Å². The predicted molar refractivity (Wildman–Crippen MR) is 135 cm³/mol. The number of methoxy groups -OCH3 is 2. The molecule has 0 radical (unpaired) electrons. The van der Waals surface area contributed by atoms with Gasteiger partial charge in [-0.2, -0.15) is 0 Å². The number of anilines is 1. The lowest BCUT2D eigenvalue weighted by atomic mass is 10.2. The molecule has 0 unspecified atom stereocenters. The van der Waals surface area contributed by atoms with Gasteiger partial charge in [0.2, 0.25) is 5.91 Å². The zero-order chi connectivity index (χ0) is 25.4. The summed E-state index contributed by atoms with van der Waals surface area (Å²) in [6.07, 6.45) is 0.749. The first-order chi connectivity index (χ1) is 16.8. The highest BCUT2D eigenvalue weighted by Gasteiger charge is 2.30. The summed E-state index contributed by atoms with van der Waals surface area (Å²) in [5, 5.41) is 3.06. The van der Waals surface area contributed by atoms with Crippen LogP contribution in [-0.2, 0) is 19.6 Å². The number of rotatable bonds is 11. The second-order valence-electron chi connectivity index (χ2n) is 8.14. The van der Waals surface area contributed by atoms with Crippen LogP contribution in [0.15, 0.2) is 41.3 Å². The smallest absolute Gasteiger partial charge is 0.268 e. The number of carbonyl (C=O) groups is 1. The Morgan fingerprint density at radius 3 is 2.46 bits per heavy atom. The second-order valence-corrected chi connectivity index (χ2v) is 10.4. The minimum Gasteiger partial charge on any atom is -0.495 e. The Hall–Kier alpha value is -2.53. The van der Waals surface area contributed by atoms with E-state index in [4.69, 9.17) is 25.8 Å². The lowest BCUT2D eigenvalue weighted by molar-refractivity contribution is -0.119. The normalized spacial score (nSPS) is 14.4. The lowest BCUT2D eigenvalue weighted by Crippen LogP contribution is -2.42. The zero-order valence-corrected chi connectivity index (χ0v) is 21.8. The largest absolute Gasteiger partial charge is 0.495 e. The Bertz CT molecular complexity index is 1120. The number of amides is 1. The van der Waals surface area contributed by atoms with Crippen molar-refractivity contribution in [1.29, 1.82) is 0 Å². The van der Waals surface area contributed by atoms with Crippen molar-refractivity contribution in [3.63, 3.8) is 0 Å². The molecule has 11 heteroatoms. The van der Waals surface area contributed by atoms with Crippen molar-refractivity contribution in [2.75, 3.05) is 64.5 Å². The minimum atomic E-state index is -4.17. The van der Waals surface area contributed by atoms with Crippen molar-refractivity contribution in [1.82, 2.24) is 10.2 Å². The number of benzene rings is 2. The number of hydrogen-bond donors (Lipinski definition) is 1. The molecule has 0 saturated carbocycles. The van der Waals surface area contributed by atoms with Gasteiger partial charge in [-0.1, -0.05) is 17.7 Å². The van der Waals surface area contributed by atoms with Crippen molar-refractivity contribution in [3.8, 4) is 11.5 Å². The number of morpholine rings is 1. The molecule has 0 spiro atoms. The molecule has 1 amide bonds. The average Bonchev–Trinajstić information content (AvgIpc) is 2.85. The molecule has 1 heterocycles. The molecule has 0 bridgehead atoms. The van der Waals surface area contributed by atoms with E-state index in [0.717, 1.165) is 35.9 Å². The van der Waals surface area contributed by atoms with E-state index in [2.05, 4.69) is 10.2 Å². The van der Waals surface area contributed by atoms with E-state index in [1.54, 1.807) is 31.2 Å². The highest BCUT2D eigenvalue weighted by molar-refractivity contribution is 7.93. The minimum absolute atomic E-state index is 0.0351. The maximum Gasteiger partial charge on any atom is 0.268 e. The van der Waals surface area contributed by atoms with Crippen LogP contribution in [0.1, 0.15) is 12.0 Å². The molecule has 0 atom stereocenters. The van der Waals surface area contributed by atoms with Gasteiger partial charge in [-0.3, -0.25) is 14.0 Å². The summed E-state index contributed by atoms with van der Waals surface area (Å²) in [5.74, 6) is 0.161. The monoisotopic (exact) mass is 525 g/mol. The van der Waals surface area contributed by atoms with Gasteiger partial charge in [-0.15, -0.1) is 0 Å². The molecule has 1 aliphatic rings. The Balaban J connectivity index is 1.81. The van der Waals surface area contributed by atoms with Gasteiger partial charge in [-0.05, 0) is 55.8 Å². The van der Waals surface area contributed by atoms with Crippen LogP contribution in [0.5, 0.6) is 11.5 Å². The molecule has 192 valence electrons. The van der Waals surface area contributed by atoms with Gasteiger partial charge >= 0.3 is 0 Å². The molecular formula is C24H32ClN3O6S. The first-order valence-electron chi connectivity index (χ1n) is 11.3. The third-order valence-corrected chi connectivity index (χ3v) is 7.77. The van der Waals surface area contributed by atoms with Crippen molar-refractivity contribution in [3.05, 3.63) is 47.0 Å². The molecule has 1 saturated heterocycles. The summed E-state index contributed by atoms with van der Waals surface area (Å²) in [5.41, 5.74) is 0.979. The summed E-state index contributed by atoms with van der Waals surface area (Å²) in [7, 11) is -1.30. The van der Waals surface area contributed by atoms with Crippen molar-refractivity contribution < 1.29 is 27.4 Å². The summed E-state index contributed by atoms with van der Waals surface area (Å²) in [6.45, 7) is 5.81. The fourth-order valence-electron chi connectivity index (χ4n) is 3.77. The number of ether oxygens (including phenoxy) is 3. The van der Waals surface area contributed by atoms with Gasteiger partial charge in [0.25, 0.3) is 10.0 Å². The molecule has 1 N–H and O–H groups in total. The van der Waals surface area contributed by atoms with E-state index < -0.39 is 22.5 Å². The molecule has 9 nitrogen and oxygen atoms in total. The van der Waals surface area contributed by atoms with E-state index in [1.165, 1.54) is 26.4 Å². The molecule has 1 fully saturated rings. The maximum atomic E-state index is 13.8. The van der Waals surface area contributed by atoms with Gasteiger partial charge in [0.05, 0.1) is 38.1 Å². The first kappa shape index (κ1) is 27.1. The third-order valence-electron chi connectivity index (χ3n) is 5.67. The van der Waals surface area contributed by atoms with Gasteiger partial charge in [0.1, 0.15) is 22.9 Å². The fourth-order valence-corrected chi connectivity index (χ4v) is 5.68. The third kappa shape index (κ3) is 7.00. The number of sulfonamides is 1. The van der Waals surface area contributed by atoms with E-state index in [-0.39, 0.29) is 21.4 Å². The maximum absolute atomic E-state index is 13.8. The molecule has 0 aliphatic carbocycles. The van der Waals surface area contributed by atoms with Crippen molar-refractivity contribution in [2.45, 2.75) is 18.2 Å². The SMILES string of the molecule is COc1ccc(N(CC(=O)NCCCN2CCOCC2)S(=O)(=O)c2cc(C)ccc2OC)cc1Cl. The van der Waals surface area contributed by atoms with Crippen LogP contribution in [-0.4, -0.2) is 79.4 Å². The van der Waals surface area contributed by atoms with Crippen LogP contribution in [0.25, 0.3) is 0 Å². The highest BCUT2D eigenvalue weighted by atomic mass is 35.5.